The lowest BCUT2D eigenvalue weighted by Crippen LogP contribution is -2.31. The second-order valence-electron chi connectivity index (χ2n) is 5.88. The fourth-order valence-electron chi connectivity index (χ4n) is 2.74. The Hall–Kier alpha value is -2.15. The number of fused-ring (bicyclic) bond motifs is 1. The van der Waals surface area contributed by atoms with E-state index in [9.17, 15) is 4.79 Å². The fraction of sp³-hybridized carbons (Fsp3) is 0.158. The maximum Gasteiger partial charge on any atom is 0.234 e. The van der Waals surface area contributed by atoms with E-state index in [1.54, 1.807) is 22.5 Å². The number of furan rings is 1. The van der Waals surface area contributed by atoms with Gasteiger partial charge in [0.25, 0.3) is 0 Å². The van der Waals surface area contributed by atoms with E-state index in [2.05, 4.69) is 0 Å². The number of benzene rings is 1. The van der Waals surface area contributed by atoms with Crippen LogP contribution in [0.3, 0.4) is 0 Å². The second kappa shape index (κ2) is 7.23. The van der Waals surface area contributed by atoms with Crippen molar-refractivity contribution in [1.29, 1.82) is 0 Å². The van der Waals surface area contributed by atoms with Gasteiger partial charge in [0.05, 0.1) is 29.4 Å². The van der Waals surface area contributed by atoms with Crippen LogP contribution in [-0.4, -0.2) is 10.9 Å². The summed E-state index contributed by atoms with van der Waals surface area (Å²) in [6.07, 6.45) is 1.95. The number of hydrogen-bond acceptors (Lipinski definition) is 5. The van der Waals surface area contributed by atoms with Crippen LogP contribution in [0, 0.1) is 6.92 Å². The Morgan fingerprint density at radius 1 is 1.31 bits per heavy atom. The maximum absolute atomic E-state index is 13.0. The van der Waals surface area contributed by atoms with E-state index in [-0.39, 0.29) is 5.91 Å². The van der Waals surface area contributed by atoms with E-state index < -0.39 is 0 Å². The molecule has 132 valence electrons. The largest absolute Gasteiger partial charge is 0.467 e. The quantitative estimate of drug-likeness (QED) is 0.431. The number of hydrogen-bond donors (Lipinski definition) is 0. The molecular formula is C19H15ClN2O2S2. The number of thiophene rings is 1. The van der Waals surface area contributed by atoms with Crippen molar-refractivity contribution in [2.75, 3.05) is 4.90 Å². The molecule has 0 fully saturated rings. The van der Waals surface area contributed by atoms with Gasteiger partial charge in [0.2, 0.25) is 5.91 Å². The number of thiazole rings is 1. The van der Waals surface area contributed by atoms with Crippen molar-refractivity contribution in [2.45, 2.75) is 19.9 Å². The summed E-state index contributed by atoms with van der Waals surface area (Å²) in [5.41, 5.74) is 1.88. The Balaban J connectivity index is 1.72. The highest BCUT2D eigenvalue weighted by atomic mass is 35.5. The SMILES string of the molecule is Cc1cc(Cl)cc2sc(N(Cc3ccco3)C(=O)Cc3cccs3)nc12. The van der Waals surface area contributed by atoms with Gasteiger partial charge in [-0.1, -0.05) is 29.0 Å². The van der Waals surface area contributed by atoms with E-state index in [0.29, 0.717) is 23.1 Å². The molecule has 3 aromatic heterocycles. The Kier molecular flexibility index (Phi) is 4.80. The van der Waals surface area contributed by atoms with E-state index in [4.69, 9.17) is 21.0 Å². The normalized spacial score (nSPS) is 11.2. The Labute approximate surface area is 163 Å². The Morgan fingerprint density at radius 3 is 2.92 bits per heavy atom. The minimum absolute atomic E-state index is 0.00773. The molecule has 1 aromatic carbocycles. The molecule has 0 bridgehead atoms. The highest BCUT2D eigenvalue weighted by molar-refractivity contribution is 7.22. The number of aromatic nitrogens is 1. The third kappa shape index (κ3) is 3.53. The van der Waals surface area contributed by atoms with Crippen LogP contribution in [0.4, 0.5) is 5.13 Å². The van der Waals surface area contributed by atoms with Crippen molar-refractivity contribution >= 4 is 55.5 Å². The van der Waals surface area contributed by atoms with Gasteiger partial charge in [-0.3, -0.25) is 9.69 Å². The number of carbonyl (C=O) groups is 1. The minimum atomic E-state index is -0.00773. The molecule has 4 nitrogen and oxygen atoms in total. The lowest BCUT2D eigenvalue weighted by molar-refractivity contribution is -0.118. The summed E-state index contributed by atoms with van der Waals surface area (Å²) in [5, 5.41) is 3.30. The first-order valence-corrected chi connectivity index (χ1v) is 10.1. The zero-order chi connectivity index (χ0) is 18.1. The van der Waals surface area contributed by atoms with Crippen LogP contribution in [0.15, 0.2) is 52.5 Å². The highest BCUT2D eigenvalue weighted by Gasteiger charge is 2.22. The third-order valence-electron chi connectivity index (χ3n) is 3.97. The number of rotatable bonds is 5. The maximum atomic E-state index is 13.0. The molecule has 3 heterocycles. The molecule has 0 N–H and O–H groups in total. The van der Waals surface area contributed by atoms with Gasteiger partial charge in [0.15, 0.2) is 5.13 Å². The average molecular weight is 403 g/mol. The summed E-state index contributed by atoms with van der Waals surface area (Å²) in [7, 11) is 0. The molecule has 26 heavy (non-hydrogen) atoms. The number of amides is 1. The smallest absolute Gasteiger partial charge is 0.234 e. The van der Waals surface area contributed by atoms with Gasteiger partial charge in [-0.05, 0) is 48.2 Å². The third-order valence-corrected chi connectivity index (χ3v) is 6.09. The van der Waals surface area contributed by atoms with Crippen molar-refractivity contribution in [1.82, 2.24) is 4.98 Å². The molecule has 0 spiro atoms. The molecule has 1 amide bonds. The number of aryl methyl sites for hydroxylation is 1. The van der Waals surface area contributed by atoms with Crippen LogP contribution in [-0.2, 0) is 17.8 Å². The van der Waals surface area contributed by atoms with Crippen molar-refractivity contribution in [3.05, 3.63) is 69.3 Å². The molecule has 4 aromatic rings. The standard InChI is InChI=1S/C19H15ClN2O2S2/c1-12-8-13(20)9-16-18(12)21-19(26-16)22(11-14-4-2-6-24-14)17(23)10-15-5-3-7-25-15/h2-9H,10-11H2,1H3. The van der Waals surface area contributed by atoms with E-state index >= 15 is 0 Å². The van der Waals surface area contributed by atoms with E-state index in [0.717, 1.165) is 26.4 Å². The minimum Gasteiger partial charge on any atom is -0.467 e. The molecule has 0 aliphatic heterocycles. The summed E-state index contributed by atoms with van der Waals surface area (Å²) in [5.74, 6) is 0.713. The van der Waals surface area contributed by atoms with Crippen LogP contribution in [0.5, 0.6) is 0 Å². The summed E-state index contributed by atoms with van der Waals surface area (Å²) >= 11 is 9.21. The molecule has 0 unspecified atom stereocenters. The second-order valence-corrected chi connectivity index (χ2v) is 8.36. The molecule has 7 heteroatoms. The van der Waals surface area contributed by atoms with Crippen LogP contribution in [0.1, 0.15) is 16.2 Å². The first-order valence-electron chi connectivity index (χ1n) is 8.02. The first-order chi connectivity index (χ1) is 12.6. The molecule has 0 saturated heterocycles. The lowest BCUT2D eigenvalue weighted by Gasteiger charge is -2.18. The zero-order valence-corrected chi connectivity index (χ0v) is 16.3. The molecular weight excluding hydrogens is 388 g/mol. The van der Waals surface area contributed by atoms with Gasteiger partial charge < -0.3 is 4.42 Å². The van der Waals surface area contributed by atoms with E-state index in [1.165, 1.54) is 11.3 Å². The van der Waals surface area contributed by atoms with Gasteiger partial charge in [-0.25, -0.2) is 4.98 Å². The number of halogens is 1. The number of anilines is 1. The Morgan fingerprint density at radius 2 is 2.19 bits per heavy atom. The van der Waals surface area contributed by atoms with Gasteiger partial charge >= 0.3 is 0 Å². The van der Waals surface area contributed by atoms with Gasteiger partial charge in [0, 0.05) is 9.90 Å². The van der Waals surface area contributed by atoms with Gasteiger partial charge in [-0.15, -0.1) is 11.3 Å². The van der Waals surface area contributed by atoms with E-state index in [1.807, 2.05) is 48.7 Å². The van der Waals surface area contributed by atoms with Crippen molar-refractivity contribution < 1.29 is 9.21 Å². The predicted molar refractivity (Wildman–Crippen MR) is 107 cm³/mol. The molecule has 0 aliphatic carbocycles. The fourth-order valence-corrected chi connectivity index (χ4v) is 4.87. The van der Waals surface area contributed by atoms with Crippen LogP contribution in [0.2, 0.25) is 5.02 Å². The van der Waals surface area contributed by atoms with Gasteiger partial charge in [0.1, 0.15) is 5.76 Å². The summed E-state index contributed by atoms with van der Waals surface area (Å²) in [6, 6.07) is 11.4. The monoisotopic (exact) mass is 402 g/mol. The van der Waals surface area contributed by atoms with Crippen molar-refractivity contribution in [3.8, 4) is 0 Å². The van der Waals surface area contributed by atoms with Crippen molar-refractivity contribution in [2.24, 2.45) is 0 Å². The molecule has 0 aliphatic rings. The molecule has 0 atom stereocenters. The molecule has 0 saturated carbocycles. The van der Waals surface area contributed by atoms with Crippen LogP contribution < -0.4 is 4.90 Å². The Bertz CT molecular complexity index is 1040. The van der Waals surface area contributed by atoms with Crippen LogP contribution >= 0.6 is 34.3 Å². The summed E-state index contributed by atoms with van der Waals surface area (Å²) in [4.78, 5) is 20.4. The number of carbonyl (C=O) groups excluding carboxylic acids is 1. The summed E-state index contributed by atoms with van der Waals surface area (Å²) in [6.45, 7) is 2.33. The highest BCUT2D eigenvalue weighted by Crippen LogP contribution is 2.34. The lowest BCUT2D eigenvalue weighted by atomic mass is 10.2. The summed E-state index contributed by atoms with van der Waals surface area (Å²) < 4.78 is 6.42. The average Bonchev–Trinajstić information content (AvgIpc) is 3.33. The van der Waals surface area contributed by atoms with Gasteiger partial charge in [-0.2, -0.15) is 0 Å². The zero-order valence-electron chi connectivity index (χ0n) is 13.9. The van der Waals surface area contributed by atoms with Crippen LogP contribution in [0.25, 0.3) is 10.2 Å². The predicted octanol–water partition coefficient (Wildman–Crippen LogP) is 5.69. The van der Waals surface area contributed by atoms with Crippen molar-refractivity contribution in [3.63, 3.8) is 0 Å². The number of nitrogens with zero attached hydrogens (tertiary/aromatic N) is 2. The topological polar surface area (TPSA) is 46.3 Å². The molecule has 4 rings (SSSR count). The molecule has 0 radical (unpaired) electrons. The first kappa shape index (κ1) is 17.3.